The summed E-state index contributed by atoms with van der Waals surface area (Å²) in [5, 5.41) is 6.20. The second-order valence-corrected chi connectivity index (χ2v) is 5.20. The molecule has 2 N–H and O–H groups in total. The third-order valence-corrected chi connectivity index (χ3v) is 3.34. The van der Waals surface area contributed by atoms with Crippen LogP contribution in [0.2, 0.25) is 0 Å². The Bertz CT molecular complexity index is 434. The Morgan fingerprint density at radius 3 is 3.05 bits per heavy atom. The molecule has 2 rings (SSSR count). The first-order valence-electron chi connectivity index (χ1n) is 6.85. The van der Waals surface area contributed by atoms with Crippen LogP contribution in [0.1, 0.15) is 25.3 Å². The third kappa shape index (κ3) is 4.65. The summed E-state index contributed by atoms with van der Waals surface area (Å²) in [6.07, 6.45) is 2.23. The Kier molecular flexibility index (Phi) is 4.93. The van der Waals surface area contributed by atoms with Crippen molar-refractivity contribution in [1.82, 2.24) is 5.32 Å². The van der Waals surface area contributed by atoms with E-state index in [0.29, 0.717) is 12.6 Å². The normalized spacial score (nSPS) is 23.1. The predicted molar refractivity (Wildman–Crippen MR) is 76.2 cm³/mol. The second kappa shape index (κ2) is 6.68. The molecule has 0 aliphatic carbocycles. The summed E-state index contributed by atoms with van der Waals surface area (Å²) in [4.78, 5) is 11.8. The van der Waals surface area contributed by atoms with Gasteiger partial charge in [0.1, 0.15) is 0 Å². The molecule has 1 aliphatic heterocycles. The van der Waals surface area contributed by atoms with Crippen molar-refractivity contribution < 1.29 is 9.53 Å². The van der Waals surface area contributed by atoms with E-state index in [2.05, 4.69) is 17.6 Å². The fourth-order valence-corrected chi connectivity index (χ4v) is 2.35. The first-order chi connectivity index (χ1) is 9.13. The van der Waals surface area contributed by atoms with Crippen molar-refractivity contribution >= 4 is 11.6 Å². The summed E-state index contributed by atoms with van der Waals surface area (Å²) >= 11 is 0. The summed E-state index contributed by atoms with van der Waals surface area (Å²) in [6, 6.07) is 8.21. The summed E-state index contributed by atoms with van der Waals surface area (Å²) in [5.41, 5.74) is 2.00. The molecule has 1 fully saturated rings. The van der Waals surface area contributed by atoms with Crippen LogP contribution in [-0.4, -0.2) is 31.2 Å². The van der Waals surface area contributed by atoms with Crippen LogP contribution in [0.4, 0.5) is 5.69 Å². The zero-order chi connectivity index (χ0) is 13.7. The van der Waals surface area contributed by atoms with Gasteiger partial charge in [-0.15, -0.1) is 0 Å². The lowest BCUT2D eigenvalue weighted by Crippen LogP contribution is -2.41. The molecule has 0 aromatic heterocycles. The van der Waals surface area contributed by atoms with Gasteiger partial charge in [0.2, 0.25) is 5.91 Å². The Balaban J connectivity index is 1.75. The zero-order valence-electron chi connectivity index (χ0n) is 11.6. The number of hydrogen-bond donors (Lipinski definition) is 2. The van der Waals surface area contributed by atoms with Gasteiger partial charge in [0.05, 0.1) is 12.6 Å². The van der Waals surface area contributed by atoms with Crippen LogP contribution < -0.4 is 10.6 Å². The van der Waals surface area contributed by atoms with Crippen LogP contribution in [0, 0.1) is 6.92 Å². The molecule has 0 radical (unpaired) electrons. The zero-order valence-corrected chi connectivity index (χ0v) is 11.6. The first-order valence-corrected chi connectivity index (χ1v) is 6.85. The Hall–Kier alpha value is -1.39. The molecule has 104 valence electrons. The fraction of sp³-hybridized carbons (Fsp3) is 0.533. The quantitative estimate of drug-likeness (QED) is 0.873. The molecular formula is C15H22N2O2. The van der Waals surface area contributed by atoms with E-state index in [9.17, 15) is 4.79 Å². The highest BCUT2D eigenvalue weighted by Gasteiger charge is 2.19. The minimum Gasteiger partial charge on any atom is -0.378 e. The number of nitrogens with one attached hydrogen (secondary N) is 2. The van der Waals surface area contributed by atoms with Crippen LogP contribution in [0.5, 0.6) is 0 Å². The van der Waals surface area contributed by atoms with E-state index in [0.717, 1.165) is 30.7 Å². The molecule has 1 aliphatic rings. The largest absolute Gasteiger partial charge is 0.378 e. The minimum absolute atomic E-state index is 0.00439. The van der Waals surface area contributed by atoms with Crippen LogP contribution in [0.25, 0.3) is 0 Å². The van der Waals surface area contributed by atoms with E-state index in [1.54, 1.807) is 0 Å². The molecule has 0 bridgehead atoms. The lowest BCUT2D eigenvalue weighted by molar-refractivity contribution is -0.115. The lowest BCUT2D eigenvalue weighted by atomic mass is 10.0. The van der Waals surface area contributed by atoms with Crippen molar-refractivity contribution in [3.8, 4) is 0 Å². The van der Waals surface area contributed by atoms with Gasteiger partial charge in [0.15, 0.2) is 0 Å². The van der Waals surface area contributed by atoms with E-state index < -0.39 is 0 Å². The van der Waals surface area contributed by atoms with Crippen LogP contribution in [-0.2, 0) is 9.53 Å². The standard InChI is InChI=1S/C15H22N2O2/c1-11-4-3-5-14(8-11)17-15(18)10-16-13-6-7-19-12(2)9-13/h3-5,8,12-13,16H,6-7,9-10H2,1-2H3,(H,17,18). The molecule has 19 heavy (non-hydrogen) atoms. The maximum atomic E-state index is 11.8. The smallest absolute Gasteiger partial charge is 0.238 e. The van der Waals surface area contributed by atoms with Crippen molar-refractivity contribution in [2.24, 2.45) is 0 Å². The van der Waals surface area contributed by atoms with Gasteiger partial charge in [-0.25, -0.2) is 0 Å². The Morgan fingerprint density at radius 2 is 2.32 bits per heavy atom. The highest BCUT2D eigenvalue weighted by Crippen LogP contribution is 2.13. The van der Waals surface area contributed by atoms with Gasteiger partial charge in [-0.05, 0) is 44.4 Å². The summed E-state index contributed by atoms with van der Waals surface area (Å²) in [6.45, 7) is 5.21. The van der Waals surface area contributed by atoms with Crippen molar-refractivity contribution in [3.63, 3.8) is 0 Å². The number of carbonyl (C=O) groups is 1. The average molecular weight is 262 g/mol. The van der Waals surface area contributed by atoms with Gasteiger partial charge in [-0.1, -0.05) is 12.1 Å². The number of hydrogen-bond acceptors (Lipinski definition) is 3. The second-order valence-electron chi connectivity index (χ2n) is 5.20. The average Bonchev–Trinajstić information content (AvgIpc) is 2.36. The van der Waals surface area contributed by atoms with Crippen LogP contribution in [0.3, 0.4) is 0 Å². The minimum atomic E-state index is 0.00439. The van der Waals surface area contributed by atoms with E-state index >= 15 is 0 Å². The Morgan fingerprint density at radius 1 is 1.47 bits per heavy atom. The number of benzene rings is 1. The maximum absolute atomic E-state index is 11.8. The molecule has 0 saturated carbocycles. The SMILES string of the molecule is Cc1cccc(NC(=O)CNC2CCOC(C)C2)c1. The van der Waals surface area contributed by atoms with Crippen molar-refractivity contribution in [2.45, 2.75) is 38.8 Å². The van der Waals surface area contributed by atoms with Gasteiger partial charge in [-0.3, -0.25) is 4.79 Å². The van der Waals surface area contributed by atoms with E-state index in [4.69, 9.17) is 4.74 Å². The molecule has 0 spiro atoms. The molecule has 1 aromatic carbocycles. The van der Waals surface area contributed by atoms with Crippen molar-refractivity contribution in [1.29, 1.82) is 0 Å². The van der Waals surface area contributed by atoms with Crippen molar-refractivity contribution in [2.75, 3.05) is 18.5 Å². The molecule has 2 atom stereocenters. The van der Waals surface area contributed by atoms with Gasteiger partial charge in [-0.2, -0.15) is 0 Å². The van der Waals surface area contributed by atoms with Gasteiger partial charge < -0.3 is 15.4 Å². The van der Waals surface area contributed by atoms with E-state index in [-0.39, 0.29) is 12.0 Å². The Labute approximate surface area is 114 Å². The molecule has 2 unspecified atom stereocenters. The summed E-state index contributed by atoms with van der Waals surface area (Å²) in [7, 11) is 0. The highest BCUT2D eigenvalue weighted by atomic mass is 16.5. The van der Waals surface area contributed by atoms with Gasteiger partial charge >= 0.3 is 0 Å². The lowest BCUT2D eigenvalue weighted by Gasteiger charge is -2.27. The first kappa shape index (κ1) is 14.0. The molecule has 4 nitrogen and oxygen atoms in total. The molecule has 1 amide bonds. The maximum Gasteiger partial charge on any atom is 0.238 e. The fourth-order valence-electron chi connectivity index (χ4n) is 2.35. The molecule has 1 heterocycles. The van der Waals surface area contributed by atoms with Crippen molar-refractivity contribution in [3.05, 3.63) is 29.8 Å². The number of aryl methyl sites for hydroxylation is 1. The monoisotopic (exact) mass is 262 g/mol. The van der Waals surface area contributed by atoms with Crippen LogP contribution >= 0.6 is 0 Å². The topological polar surface area (TPSA) is 50.4 Å². The number of anilines is 1. The highest BCUT2D eigenvalue weighted by molar-refractivity contribution is 5.92. The number of carbonyl (C=O) groups excluding carboxylic acids is 1. The summed E-state index contributed by atoms with van der Waals surface area (Å²) in [5.74, 6) is 0.00439. The van der Waals surface area contributed by atoms with E-state index in [1.165, 1.54) is 0 Å². The summed E-state index contributed by atoms with van der Waals surface area (Å²) < 4.78 is 5.48. The molecule has 1 saturated heterocycles. The number of rotatable bonds is 4. The molecule has 1 aromatic rings. The number of ether oxygens (including phenoxy) is 1. The van der Waals surface area contributed by atoms with Gasteiger partial charge in [0, 0.05) is 18.3 Å². The number of amides is 1. The third-order valence-electron chi connectivity index (χ3n) is 3.34. The van der Waals surface area contributed by atoms with E-state index in [1.807, 2.05) is 31.2 Å². The molecular weight excluding hydrogens is 240 g/mol. The molecule has 4 heteroatoms. The van der Waals surface area contributed by atoms with Crippen LogP contribution in [0.15, 0.2) is 24.3 Å². The predicted octanol–water partition coefficient (Wildman–Crippen LogP) is 2.09. The van der Waals surface area contributed by atoms with Gasteiger partial charge in [0.25, 0.3) is 0 Å².